The van der Waals surface area contributed by atoms with Gasteiger partial charge >= 0.3 is 0 Å². The molecule has 1 aliphatic heterocycles. The van der Waals surface area contributed by atoms with E-state index in [0.717, 1.165) is 17.8 Å². The predicted molar refractivity (Wildman–Crippen MR) is 149 cm³/mol. The van der Waals surface area contributed by atoms with Gasteiger partial charge in [-0.25, -0.2) is 27.7 Å². The van der Waals surface area contributed by atoms with E-state index in [1.807, 2.05) is 18.2 Å². The van der Waals surface area contributed by atoms with Crippen LogP contribution in [0.25, 0.3) is 16.5 Å². The second-order valence-corrected chi connectivity index (χ2v) is 11.1. The van der Waals surface area contributed by atoms with E-state index < -0.39 is 10.0 Å². The Hall–Kier alpha value is -3.81. The highest BCUT2D eigenvalue weighted by molar-refractivity contribution is 7.88. The van der Waals surface area contributed by atoms with Crippen LogP contribution in [0.15, 0.2) is 36.2 Å². The molecule has 0 radical (unpaired) electrons. The number of piperidine rings is 1. The van der Waals surface area contributed by atoms with E-state index in [9.17, 15) is 8.42 Å². The first-order valence-electron chi connectivity index (χ1n) is 11.7. The fraction of sp³-hybridized carbons (Fsp3) is 0.292. The fourth-order valence-corrected chi connectivity index (χ4v) is 5.35. The molecule has 0 bridgehead atoms. The van der Waals surface area contributed by atoms with Gasteiger partial charge in [0.25, 0.3) is 0 Å². The fourth-order valence-electron chi connectivity index (χ4n) is 4.21. The number of rotatable bonds is 9. The van der Waals surface area contributed by atoms with Crippen molar-refractivity contribution in [3.63, 3.8) is 0 Å². The molecular formula is C24H28ClN9O3S. The number of nitrogen functional groups attached to an aromatic ring is 1. The lowest BCUT2D eigenvalue weighted by atomic mass is 10.1. The number of anilines is 2. The van der Waals surface area contributed by atoms with Crippen molar-refractivity contribution in [1.29, 1.82) is 10.8 Å². The van der Waals surface area contributed by atoms with E-state index in [1.54, 1.807) is 6.07 Å². The van der Waals surface area contributed by atoms with Gasteiger partial charge in [0.1, 0.15) is 24.1 Å². The second kappa shape index (κ2) is 11.3. The largest absolute Gasteiger partial charge is 0.474 e. The average Bonchev–Trinajstić information content (AvgIpc) is 2.88. The van der Waals surface area contributed by atoms with Crippen LogP contribution < -0.4 is 21.5 Å². The summed E-state index contributed by atoms with van der Waals surface area (Å²) in [5.74, 6) is 0.781. The molecule has 12 nitrogen and oxygen atoms in total. The number of hydrogen-bond donors (Lipinski definition) is 5. The molecule has 1 saturated heterocycles. The third-order valence-electron chi connectivity index (χ3n) is 6.18. The summed E-state index contributed by atoms with van der Waals surface area (Å²) in [7, 11) is -3.25. The number of hydrogen-bond acceptors (Lipinski definition) is 11. The van der Waals surface area contributed by atoms with Gasteiger partial charge in [0.15, 0.2) is 0 Å². The molecule has 1 aliphatic rings. The Morgan fingerprint density at radius 1 is 1.26 bits per heavy atom. The van der Waals surface area contributed by atoms with E-state index in [1.165, 1.54) is 16.9 Å². The van der Waals surface area contributed by atoms with Crippen molar-refractivity contribution >= 4 is 62.2 Å². The molecule has 4 rings (SSSR count). The first kappa shape index (κ1) is 27.2. The van der Waals surface area contributed by atoms with Crippen LogP contribution in [0.5, 0.6) is 5.88 Å². The van der Waals surface area contributed by atoms with Crippen LogP contribution in [0.2, 0.25) is 5.02 Å². The molecule has 38 heavy (non-hydrogen) atoms. The normalized spacial score (nSPS) is 14.7. The molecule has 3 heterocycles. The molecule has 200 valence electrons. The quantitative estimate of drug-likeness (QED) is 0.245. The third kappa shape index (κ3) is 5.85. The van der Waals surface area contributed by atoms with Crippen molar-refractivity contribution in [2.24, 2.45) is 5.73 Å². The minimum Gasteiger partial charge on any atom is -0.474 e. The van der Waals surface area contributed by atoms with Gasteiger partial charge < -0.3 is 32.3 Å². The van der Waals surface area contributed by atoms with Crippen LogP contribution >= 0.6 is 11.6 Å². The van der Waals surface area contributed by atoms with Crippen LogP contribution in [0, 0.1) is 10.8 Å². The number of halogens is 1. The zero-order valence-electron chi connectivity index (χ0n) is 20.6. The Morgan fingerprint density at radius 3 is 2.63 bits per heavy atom. The molecule has 0 atom stereocenters. The van der Waals surface area contributed by atoms with Crippen LogP contribution in [-0.2, 0) is 16.6 Å². The molecule has 7 N–H and O–H groups in total. The molecule has 1 fully saturated rings. The molecule has 14 heteroatoms. The van der Waals surface area contributed by atoms with Gasteiger partial charge in [0.2, 0.25) is 15.9 Å². The predicted octanol–water partition coefficient (Wildman–Crippen LogP) is 2.64. The smallest absolute Gasteiger partial charge is 0.223 e. The monoisotopic (exact) mass is 557 g/mol. The van der Waals surface area contributed by atoms with Gasteiger partial charge in [-0.1, -0.05) is 23.7 Å². The molecule has 2 aromatic heterocycles. The Kier molecular flexibility index (Phi) is 8.09. The molecule has 3 aromatic rings. The third-order valence-corrected chi connectivity index (χ3v) is 7.80. The number of nitrogens with two attached hydrogens (primary N) is 2. The maximum absolute atomic E-state index is 11.9. The topological polar surface area (TPSA) is 197 Å². The van der Waals surface area contributed by atoms with Crippen LogP contribution in [0.3, 0.4) is 0 Å². The summed E-state index contributed by atoms with van der Waals surface area (Å²) < 4.78 is 31.4. The molecule has 0 aliphatic carbocycles. The summed E-state index contributed by atoms with van der Waals surface area (Å²) in [5, 5.41) is 20.2. The van der Waals surface area contributed by atoms with Crippen molar-refractivity contribution in [3.8, 4) is 5.88 Å². The Bertz CT molecular complexity index is 1510. The Morgan fingerprint density at radius 2 is 1.97 bits per heavy atom. The van der Waals surface area contributed by atoms with Crippen molar-refractivity contribution in [3.05, 3.63) is 52.4 Å². The number of benzene rings is 1. The lowest BCUT2D eigenvalue weighted by Crippen LogP contribution is -2.41. The first-order valence-corrected chi connectivity index (χ1v) is 13.9. The van der Waals surface area contributed by atoms with Crippen LogP contribution in [0.1, 0.15) is 24.1 Å². The molecular weight excluding hydrogens is 530 g/mol. The summed E-state index contributed by atoms with van der Waals surface area (Å²) in [6, 6.07) is 7.37. The van der Waals surface area contributed by atoms with E-state index in [-0.39, 0.29) is 35.3 Å². The van der Waals surface area contributed by atoms with Gasteiger partial charge in [0.05, 0.1) is 40.2 Å². The SMILES string of the molecule is CS(=O)(=O)N1CCC(Oc2nc(CNc3ncnc(N)c3C(N)=C(C=N)C=N)cc3cccc(Cl)c23)CC1. The minimum absolute atomic E-state index is 0.0957. The van der Waals surface area contributed by atoms with E-state index >= 15 is 0 Å². The standard InChI is InChI=1S/C24H28ClN9O3S/c1-38(35,36)34-7-5-17(6-8-34)37-24-19-14(3-2-4-18(19)25)9-16(33-24)12-30-23-20(22(29)31-13-32-23)21(28)15(10-26)11-27/h2-4,9-11,13,17,26-27H,5-8,12,28H2,1H3,(H3,29,30,31,32). The highest BCUT2D eigenvalue weighted by atomic mass is 35.5. The molecule has 0 saturated carbocycles. The van der Waals surface area contributed by atoms with Crippen molar-refractivity contribution < 1.29 is 13.2 Å². The zero-order chi connectivity index (χ0) is 27.4. The maximum atomic E-state index is 11.9. The number of nitrogens with zero attached hydrogens (tertiary/aromatic N) is 4. The highest BCUT2D eigenvalue weighted by Gasteiger charge is 2.27. The highest BCUT2D eigenvalue weighted by Crippen LogP contribution is 2.33. The van der Waals surface area contributed by atoms with E-state index in [0.29, 0.717) is 53.7 Å². The number of sulfonamides is 1. The summed E-state index contributed by atoms with van der Waals surface area (Å²) in [6.45, 7) is 0.958. The zero-order valence-corrected chi connectivity index (χ0v) is 22.2. The van der Waals surface area contributed by atoms with E-state index in [2.05, 4.69) is 15.3 Å². The van der Waals surface area contributed by atoms with Gasteiger partial charge in [-0.2, -0.15) is 0 Å². The van der Waals surface area contributed by atoms with Crippen molar-refractivity contribution in [2.45, 2.75) is 25.5 Å². The lowest BCUT2D eigenvalue weighted by Gasteiger charge is -2.30. The van der Waals surface area contributed by atoms with E-state index in [4.69, 9.17) is 43.6 Å². The van der Waals surface area contributed by atoms with Crippen LogP contribution in [-0.4, -0.2) is 65.6 Å². The second-order valence-electron chi connectivity index (χ2n) is 8.73. The van der Waals surface area contributed by atoms with Gasteiger partial charge in [0, 0.05) is 31.1 Å². The molecule has 1 aromatic carbocycles. The van der Waals surface area contributed by atoms with Crippen molar-refractivity contribution in [1.82, 2.24) is 19.3 Å². The number of fused-ring (bicyclic) bond motifs is 1. The Balaban J connectivity index is 1.63. The van der Waals surface area contributed by atoms with Gasteiger partial charge in [-0.15, -0.1) is 0 Å². The summed E-state index contributed by atoms with van der Waals surface area (Å²) in [6.07, 6.45) is 5.24. The van der Waals surface area contributed by atoms with Crippen LogP contribution in [0.4, 0.5) is 11.6 Å². The lowest BCUT2D eigenvalue weighted by molar-refractivity contribution is 0.132. The summed E-state index contributed by atoms with van der Waals surface area (Å²) in [4.78, 5) is 12.9. The molecule has 0 amide bonds. The maximum Gasteiger partial charge on any atom is 0.223 e. The number of ether oxygens (including phenoxy) is 1. The first-order chi connectivity index (χ1) is 18.1. The number of aromatic nitrogens is 3. The van der Waals surface area contributed by atoms with Gasteiger partial charge in [-0.3, -0.25) is 0 Å². The Labute approximate surface area is 225 Å². The number of nitrogens with one attached hydrogen (secondary N) is 3. The number of pyridine rings is 1. The van der Waals surface area contributed by atoms with Gasteiger partial charge in [-0.05, 0) is 30.4 Å². The van der Waals surface area contributed by atoms with Crippen molar-refractivity contribution in [2.75, 3.05) is 30.4 Å². The molecule has 0 unspecified atom stereocenters. The minimum atomic E-state index is -3.25. The molecule has 0 spiro atoms. The summed E-state index contributed by atoms with van der Waals surface area (Å²) in [5.41, 5.74) is 13.4. The average molecular weight is 558 g/mol. The number of allylic oxidation sites excluding steroid dienone is 1. The summed E-state index contributed by atoms with van der Waals surface area (Å²) >= 11 is 6.51.